The second kappa shape index (κ2) is 4.16. The Balaban J connectivity index is 2.86. The van der Waals surface area contributed by atoms with Crippen molar-refractivity contribution < 1.29 is 0 Å². The third-order valence-corrected chi connectivity index (χ3v) is 6.59. The van der Waals surface area contributed by atoms with Crippen molar-refractivity contribution in [2.24, 2.45) is 0 Å². The van der Waals surface area contributed by atoms with Gasteiger partial charge >= 0.3 is 0 Å². The van der Waals surface area contributed by atoms with Gasteiger partial charge in [0.05, 0.1) is 0 Å². The van der Waals surface area contributed by atoms with E-state index in [1.54, 1.807) is 0 Å². The first kappa shape index (κ1) is 10.6. The number of alkyl halides is 1. The Morgan fingerprint density at radius 3 is 2.09 bits per heavy atom. The maximum atomic E-state index is 2.45. The van der Waals surface area contributed by atoms with E-state index in [0.29, 0.717) is 4.17 Å². The van der Waals surface area contributed by atoms with Gasteiger partial charge in [0.25, 0.3) is 0 Å². The van der Waals surface area contributed by atoms with Crippen LogP contribution in [0.4, 0.5) is 0 Å². The van der Waals surface area contributed by atoms with Crippen molar-refractivity contribution in [1.29, 1.82) is 0 Å². The molecule has 2 nitrogen and oxygen atoms in total. The fourth-order valence-electron chi connectivity index (χ4n) is 0.950. The van der Waals surface area contributed by atoms with Crippen molar-refractivity contribution in [2.75, 3.05) is 13.6 Å². The first-order chi connectivity index (χ1) is 5.09. The summed E-state index contributed by atoms with van der Waals surface area (Å²) in [6.45, 7) is 3.27. The van der Waals surface area contributed by atoms with Crippen LogP contribution in [0.1, 0.15) is 6.92 Å². The largest absolute Gasteiger partial charge is 0.339 e. The highest BCUT2D eigenvalue weighted by atomic mass is 127. The summed E-state index contributed by atoms with van der Waals surface area (Å²) >= 11 is 7.24. The van der Waals surface area contributed by atoms with E-state index in [0.717, 1.165) is 6.54 Å². The van der Waals surface area contributed by atoms with Crippen LogP contribution in [0.15, 0.2) is 7.41 Å². The summed E-state index contributed by atoms with van der Waals surface area (Å²) < 4.78 is 3.22. The lowest BCUT2D eigenvalue weighted by Gasteiger charge is -2.25. The zero-order valence-corrected chi connectivity index (χ0v) is 12.8. The monoisotopic (exact) mass is 490 g/mol. The molecule has 0 aliphatic carbocycles. The van der Waals surface area contributed by atoms with Crippen LogP contribution in [-0.4, -0.2) is 27.6 Å². The molecule has 1 aliphatic rings. The van der Waals surface area contributed by atoms with E-state index >= 15 is 0 Å². The Labute approximate surface area is 108 Å². The molecule has 1 aliphatic heterocycles. The van der Waals surface area contributed by atoms with Crippen molar-refractivity contribution in [3.05, 3.63) is 7.41 Å². The quantitative estimate of drug-likeness (QED) is 0.317. The predicted molar refractivity (Wildman–Crippen MR) is 73.0 cm³/mol. The minimum Gasteiger partial charge on any atom is -0.339 e. The first-order valence-electron chi connectivity index (χ1n) is 3.28. The normalized spacial score (nSPS) is 25.4. The first-order valence-corrected chi connectivity index (χ1v) is 6.68. The molecule has 0 aromatic heterocycles. The molecule has 1 heterocycles. The summed E-state index contributed by atoms with van der Waals surface area (Å²) in [6.07, 6.45) is 0. The molecule has 0 bridgehead atoms. The van der Waals surface area contributed by atoms with Crippen LogP contribution < -0.4 is 0 Å². The molecule has 0 spiro atoms. The second-order valence-corrected chi connectivity index (χ2v) is 5.45. The van der Waals surface area contributed by atoms with Gasteiger partial charge < -0.3 is 9.80 Å². The standard InChI is InChI=1S/C6H9I3N2/c1-3-11-5(8)4(7)10(2)6(11)9/h6H,3H2,1-2H3. The molecule has 0 N–H and O–H groups in total. The van der Waals surface area contributed by atoms with E-state index in [1.807, 2.05) is 0 Å². The van der Waals surface area contributed by atoms with Crippen molar-refractivity contribution in [3.8, 4) is 0 Å². The molecule has 0 amide bonds. The fraction of sp³-hybridized carbons (Fsp3) is 0.667. The van der Waals surface area contributed by atoms with Crippen LogP contribution in [0.2, 0.25) is 0 Å². The minimum atomic E-state index is 0.497. The number of hydrogen-bond donors (Lipinski definition) is 0. The van der Waals surface area contributed by atoms with Crippen molar-refractivity contribution in [2.45, 2.75) is 11.1 Å². The minimum absolute atomic E-state index is 0.497. The summed E-state index contributed by atoms with van der Waals surface area (Å²) in [5.74, 6) is 0. The predicted octanol–water partition coefficient (Wildman–Crippen LogP) is 2.97. The highest BCUT2D eigenvalue weighted by molar-refractivity contribution is 14.1. The van der Waals surface area contributed by atoms with Crippen LogP contribution in [0.25, 0.3) is 0 Å². The number of hydrogen-bond acceptors (Lipinski definition) is 2. The van der Waals surface area contributed by atoms with E-state index in [2.05, 4.69) is 91.5 Å². The Morgan fingerprint density at radius 1 is 1.36 bits per heavy atom. The lowest BCUT2D eigenvalue weighted by Crippen LogP contribution is -2.31. The maximum Gasteiger partial charge on any atom is 0.155 e. The summed E-state index contributed by atoms with van der Waals surface area (Å²) in [5, 5.41) is 0. The molecule has 1 atom stereocenters. The number of rotatable bonds is 1. The van der Waals surface area contributed by atoms with Gasteiger partial charge in [0.15, 0.2) is 4.17 Å². The maximum absolute atomic E-state index is 2.45. The van der Waals surface area contributed by atoms with E-state index in [1.165, 1.54) is 7.41 Å². The van der Waals surface area contributed by atoms with E-state index < -0.39 is 0 Å². The molecule has 0 fully saturated rings. The van der Waals surface area contributed by atoms with Gasteiger partial charge in [0.2, 0.25) is 0 Å². The SMILES string of the molecule is CCN1C(I)=C(I)N(C)C1I. The summed E-state index contributed by atoms with van der Waals surface area (Å²) in [7, 11) is 2.13. The second-order valence-electron chi connectivity index (χ2n) is 2.29. The average molecular weight is 490 g/mol. The van der Waals surface area contributed by atoms with Crippen molar-refractivity contribution in [1.82, 2.24) is 9.80 Å². The van der Waals surface area contributed by atoms with Gasteiger partial charge in [0.1, 0.15) is 7.41 Å². The number of halogens is 3. The van der Waals surface area contributed by atoms with Gasteiger partial charge in [0, 0.05) is 13.6 Å². The summed E-state index contributed by atoms with van der Waals surface area (Å²) in [6, 6.07) is 0. The van der Waals surface area contributed by atoms with Crippen molar-refractivity contribution >= 4 is 67.8 Å². The summed E-state index contributed by atoms with van der Waals surface area (Å²) in [4.78, 5) is 4.66. The molecule has 0 saturated heterocycles. The van der Waals surface area contributed by atoms with Crippen molar-refractivity contribution in [3.63, 3.8) is 0 Å². The molecule has 1 unspecified atom stereocenters. The highest BCUT2D eigenvalue weighted by Crippen LogP contribution is 2.37. The fourth-order valence-corrected chi connectivity index (χ4v) is 4.53. The van der Waals surface area contributed by atoms with E-state index in [-0.39, 0.29) is 0 Å². The number of nitrogens with zero attached hydrogens (tertiary/aromatic N) is 2. The zero-order valence-electron chi connectivity index (χ0n) is 6.31. The van der Waals surface area contributed by atoms with Crippen LogP contribution in [0.5, 0.6) is 0 Å². The Hall–Kier alpha value is 1.53. The van der Waals surface area contributed by atoms with Gasteiger partial charge in [-0.1, -0.05) is 0 Å². The highest BCUT2D eigenvalue weighted by Gasteiger charge is 2.30. The van der Waals surface area contributed by atoms with Crippen LogP contribution in [-0.2, 0) is 0 Å². The third-order valence-electron chi connectivity index (χ3n) is 1.65. The molecule has 5 heteroatoms. The lowest BCUT2D eigenvalue weighted by molar-refractivity contribution is 0.285. The molecular formula is C6H9I3N2. The Kier molecular flexibility index (Phi) is 4.01. The van der Waals surface area contributed by atoms with Crippen LogP contribution in [0.3, 0.4) is 0 Å². The van der Waals surface area contributed by atoms with Crippen LogP contribution in [0, 0.1) is 0 Å². The molecule has 64 valence electrons. The topological polar surface area (TPSA) is 6.48 Å². The molecule has 1 rings (SSSR count). The smallest absolute Gasteiger partial charge is 0.155 e. The van der Waals surface area contributed by atoms with Gasteiger partial charge in [-0.3, -0.25) is 0 Å². The summed E-state index contributed by atoms with van der Waals surface area (Å²) in [5.41, 5.74) is 0. The average Bonchev–Trinajstić information content (AvgIpc) is 2.17. The third kappa shape index (κ3) is 1.89. The lowest BCUT2D eigenvalue weighted by atomic mass is 10.6. The Morgan fingerprint density at radius 2 is 1.91 bits per heavy atom. The zero-order chi connectivity index (χ0) is 8.59. The Bertz CT molecular complexity index is 192. The van der Waals surface area contributed by atoms with Gasteiger partial charge in [-0.2, -0.15) is 0 Å². The molecule has 0 aromatic rings. The molecule has 0 saturated carbocycles. The van der Waals surface area contributed by atoms with Gasteiger partial charge in [-0.25, -0.2) is 0 Å². The van der Waals surface area contributed by atoms with Crippen LogP contribution >= 0.6 is 67.8 Å². The molecule has 0 aromatic carbocycles. The van der Waals surface area contributed by atoms with Gasteiger partial charge in [-0.15, -0.1) is 0 Å². The van der Waals surface area contributed by atoms with E-state index in [4.69, 9.17) is 0 Å². The van der Waals surface area contributed by atoms with E-state index in [9.17, 15) is 0 Å². The van der Waals surface area contributed by atoms with Gasteiger partial charge in [-0.05, 0) is 74.7 Å². The molecule has 11 heavy (non-hydrogen) atoms. The molecule has 0 radical (unpaired) electrons. The molecular weight excluding hydrogens is 481 g/mol.